The highest BCUT2D eigenvalue weighted by atomic mass is 19.1. The highest BCUT2D eigenvalue weighted by molar-refractivity contribution is 5.75. The lowest BCUT2D eigenvalue weighted by Crippen LogP contribution is -2.20. The monoisotopic (exact) mass is 221 g/mol. The van der Waals surface area contributed by atoms with E-state index in [1.165, 1.54) is 6.07 Å². The van der Waals surface area contributed by atoms with Gasteiger partial charge in [-0.3, -0.25) is 0 Å². The Morgan fingerprint density at radius 3 is 3.00 bits per heavy atom. The third-order valence-electron chi connectivity index (χ3n) is 2.59. The molecule has 4 heteroatoms. The van der Waals surface area contributed by atoms with E-state index in [0.29, 0.717) is 5.52 Å². The molecule has 1 heterocycles. The zero-order valence-electron chi connectivity index (χ0n) is 9.55. The van der Waals surface area contributed by atoms with Gasteiger partial charge in [0.2, 0.25) is 0 Å². The van der Waals surface area contributed by atoms with Gasteiger partial charge >= 0.3 is 0 Å². The van der Waals surface area contributed by atoms with Crippen molar-refractivity contribution in [1.82, 2.24) is 15.3 Å². The average Bonchev–Trinajstić information content (AvgIpc) is 2.71. The summed E-state index contributed by atoms with van der Waals surface area (Å²) in [4.78, 5) is 7.40. The minimum Gasteiger partial charge on any atom is -0.341 e. The van der Waals surface area contributed by atoms with Crippen LogP contribution in [0.5, 0.6) is 0 Å². The molecule has 16 heavy (non-hydrogen) atoms. The van der Waals surface area contributed by atoms with Crippen LogP contribution in [0.4, 0.5) is 4.39 Å². The average molecular weight is 221 g/mol. The first kappa shape index (κ1) is 11.1. The van der Waals surface area contributed by atoms with Crippen molar-refractivity contribution in [3.63, 3.8) is 0 Å². The van der Waals surface area contributed by atoms with Crippen molar-refractivity contribution in [3.8, 4) is 0 Å². The highest BCUT2D eigenvalue weighted by Gasteiger charge is 2.11. The van der Waals surface area contributed by atoms with Crippen molar-refractivity contribution in [1.29, 1.82) is 0 Å². The van der Waals surface area contributed by atoms with Gasteiger partial charge in [-0.1, -0.05) is 13.0 Å². The molecule has 0 bridgehead atoms. The third kappa shape index (κ3) is 2.07. The number of imidazole rings is 1. The van der Waals surface area contributed by atoms with Crippen LogP contribution in [-0.4, -0.2) is 16.5 Å². The van der Waals surface area contributed by atoms with Gasteiger partial charge in [-0.05, 0) is 32.0 Å². The van der Waals surface area contributed by atoms with Crippen LogP contribution < -0.4 is 5.32 Å². The first-order chi connectivity index (χ1) is 7.72. The van der Waals surface area contributed by atoms with Gasteiger partial charge in [0.15, 0.2) is 5.82 Å². The lowest BCUT2D eigenvalue weighted by molar-refractivity contribution is 0.549. The van der Waals surface area contributed by atoms with Crippen LogP contribution in [0.15, 0.2) is 18.2 Å². The van der Waals surface area contributed by atoms with E-state index in [9.17, 15) is 4.39 Å². The van der Waals surface area contributed by atoms with Gasteiger partial charge in [0, 0.05) is 0 Å². The number of H-pyrrole nitrogens is 1. The van der Waals surface area contributed by atoms with E-state index in [1.54, 1.807) is 6.07 Å². The smallest absolute Gasteiger partial charge is 0.151 e. The van der Waals surface area contributed by atoms with E-state index in [-0.39, 0.29) is 11.9 Å². The molecule has 0 saturated carbocycles. The van der Waals surface area contributed by atoms with Gasteiger partial charge in [-0.25, -0.2) is 9.37 Å². The Labute approximate surface area is 94.1 Å². The molecule has 2 N–H and O–H groups in total. The number of aromatic amines is 1. The number of benzene rings is 1. The molecular weight excluding hydrogens is 205 g/mol. The van der Waals surface area contributed by atoms with Crippen LogP contribution in [-0.2, 0) is 0 Å². The maximum atomic E-state index is 13.4. The molecule has 0 aliphatic carbocycles. The molecule has 0 aliphatic rings. The number of aromatic nitrogens is 2. The Morgan fingerprint density at radius 2 is 2.31 bits per heavy atom. The number of nitrogens with one attached hydrogen (secondary N) is 2. The Kier molecular flexibility index (Phi) is 3.19. The fourth-order valence-corrected chi connectivity index (χ4v) is 1.68. The summed E-state index contributed by atoms with van der Waals surface area (Å²) in [5, 5.41) is 3.31. The number of fused-ring (bicyclic) bond motifs is 1. The van der Waals surface area contributed by atoms with Crippen LogP contribution in [0.1, 0.15) is 32.1 Å². The summed E-state index contributed by atoms with van der Waals surface area (Å²) in [5.74, 6) is 0.510. The summed E-state index contributed by atoms with van der Waals surface area (Å²) in [6.45, 7) is 5.06. The fraction of sp³-hybridized carbons (Fsp3) is 0.417. The number of para-hydroxylation sites is 1. The number of hydrogen-bond acceptors (Lipinski definition) is 2. The minimum atomic E-state index is -0.275. The molecule has 2 rings (SSSR count). The van der Waals surface area contributed by atoms with Gasteiger partial charge in [0.05, 0.1) is 11.6 Å². The van der Waals surface area contributed by atoms with E-state index in [4.69, 9.17) is 0 Å². The molecule has 0 radical (unpaired) electrons. The fourth-order valence-electron chi connectivity index (χ4n) is 1.68. The summed E-state index contributed by atoms with van der Waals surface area (Å²) in [6.07, 6.45) is 1.07. The van der Waals surface area contributed by atoms with Gasteiger partial charge in [-0.2, -0.15) is 0 Å². The zero-order valence-corrected chi connectivity index (χ0v) is 9.55. The molecule has 1 aromatic carbocycles. The maximum Gasteiger partial charge on any atom is 0.151 e. The molecule has 0 unspecified atom stereocenters. The largest absolute Gasteiger partial charge is 0.341 e. The van der Waals surface area contributed by atoms with Gasteiger partial charge in [0.1, 0.15) is 11.3 Å². The van der Waals surface area contributed by atoms with Gasteiger partial charge in [0.25, 0.3) is 0 Å². The molecule has 0 aliphatic heterocycles. The molecular formula is C12H16FN3. The normalized spacial score (nSPS) is 13.2. The number of halogens is 1. The molecule has 0 saturated heterocycles. The Bertz CT molecular complexity index is 478. The Morgan fingerprint density at radius 1 is 1.50 bits per heavy atom. The summed E-state index contributed by atoms with van der Waals surface area (Å²) in [5.41, 5.74) is 1.17. The number of rotatable bonds is 4. The Balaban J connectivity index is 2.29. The van der Waals surface area contributed by atoms with Crippen molar-refractivity contribution in [3.05, 3.63) is 29.8 Å². The molecule has 1 atom stereocenters. The first-order valence-electron chi connectivity index (χ1n) is 5.60. The highest BCUT2D eigenvalue weighted by Crippen LogP contribution is 2.18. The van der Waals surface area contributed by atoms with Crippen molar-refractivity contribution < 1.29 is 4.39 Å². The molecule has 3 nitrogen and oxygen atoms in total. The van der Waals surface area contributed by atoms with Gasteiger partial charge in [-0.15, -0.1) is 0 Å². The lowest BCUT2D eigenvalue weighted by Gasteiger charge is -2.09. The molecule has 2 aromatic rings. The molecule has 0 fully saturated rings. The standard InChI is InChI=1S/C12H16FN3/c1-3-7-14-8(2)12-15-10-6-4-5-9(13)11(10)16-12/h4-6,8,14H,3,7H2,1-2H3,(H,15,16)/t8-/m0/s1. The van der Waals surface area contributed by atoms with Crippen molar-refractivity contribution in [2.24, 2.45) is 0 Å². The van der Waals surface area contributed by atoms with Gasteiger partial charge < -0.3 is 10.3 Å². The minimum absolute atomic E-state index is 0.117. The van der Waals surface area contributed by atoms with E-state index in [0.717, 1.165) is 24.3 Å². The predicted molar refractivity (Wildman–Crippen MR) is 62.8 cm³/mol. The van der Waals surface area contributed by atoms with Crippen LogP contribution in [0, 0.1) is 5.82 Å². The second-order valence-electron chi connectivity index (χ2n) is 3.93. The van der Waals surface area contributed by atoms with Crippen LogP contribution in [0.25, 0.3) is 11.0 Å². The van der Waals surface area contributed by atoms with E-state index < -0.39 is 0 Å². The van der Waals surface area contributed by atoms with Crippen LogP contribution >= 0.6 is 0 Å². The SMILES string of the molecule is CCCN[C@@H](C)c1nc2c(F)cccc2[nH]1. The molecule has 0 spiro atoms. The maximum absolute atomic E-state index is 13.4. The quantitative estimate of drug-likeness (QED) is 0.833. The third-order valence-corrected chi connectivity index (χ3v) is 2.59. The van der Waals surface area contributed by atoms with E-state index >= 15 is 0 Å². The van der Waals surface area contributed by atoms with Crippen molar-refractivity contribution in [2.75, 3.05) is 6.54 Å². The van der Waals surface area contributed by atoms with E-state index in [2.05, 4.69) is 22.2 Å². The summed E-state index contributed by atoms with van der Waals surface area (Å²) in [6, 6.07) is 5.06. The second kappa shape index (κ2) is 4.61. The lowest BCUT2D eigenvalue weighted by atomic mass is 10.3. The summed E-state index contributed by atoms with van der Waals surface area (Å²) >= 11 is 0. The molecule has 0 amide bonds. The number of nitrogens with zero attached hydrogens (tertiary/aromatic N) is 1. The van der Waals surface area contributed by atoms with Crippen molar-refractivity contribution >= 4 is 11.0 Å². The molecule has 1 aromatic heterocycles. The van der Waals surface area contributed by atoms with Crippen LogP contribution in [0.2, 0.25) is 0 Å². The molecule has 86 valence electrons. The topological polar surface area (TPSA) is 40.7 Å². The summed E-state index contributed by atoms with van der Waals surface area (Å²) in [7, 11) is 0. The first-order valence-corrected chi connectivity index (χ1v) is 5.60. The predicted octanol–water partition coefficient (Wildman–Crippen LogP) is 2.76. The zero-order chi connectivity index (χ0) is 11.5. The van der Waals surface area contributed by atoms with E-state index in [1.807, 2.05) is 13.0 Å². The van der Waals surface area contributed by atoms with Crippen molar-refractivity contribution in [2.45, 2.75) is 26.3 Å². The Hall–Kier alpha value is -1.42. The summed E-state index contributed by atoms with van der Waals surface area (Å²) < 4.78 is 13.4. The van der Waals surface area contributed by atoms with Crippen LogP contribution in [0.3, 0.4) is 0 Å². The second-order valence-corrected chi connectivity index (χ2v) is 3.93. The number of hydrogen-bond donors (Lipinski definition) is 2.